The topological polar surface area (TPSA) is 56.4 Å². The van der Waals surface area contributed by atoms with E-state index in [1.807, 2.05) is 48.3 Å². The molecule has 0 radical (unpaired) electrons. The second-order valence-corrected chi connectivity index (χ2v) is 4.73. The number of anilines is 1. The van der Waals surface area contributed by atoms with E-state index in [0.29, 0.717) is 18.2 Å². The van der Waals surface area contributed by atoms with Gasteiger partial charge in [-0.1, -0.05) is 6.07 Å². The van der Waals surface area contributed by atoms with Crippen LogP contribution in [0.2, 0.25) is 0 Å². The third-order valence-corrected chi connectivity index (χ3v) is 3.17. The minimum Gasteiger partial charge on any atom is -1.00 e. The first-order valence-electron chi connectivity index (χ1n) is 6.54. The van der Waals surface area contributed by atoms with Gasteiger partial charge in [-0.15, -0.1) is 17.5 Å². The van der Waals surface area contributed by atoms with Crippen LogP contribution in [0.3, 0.4) is 0 Å². The Balaban J connectivity index is 0.00000121. The fourth-order valence-electron chi connectivity index (χ4n) is 2.17. The molecule has 0 amide bonds. The van der Waals surface area contributed by atoms with E-state index in [1.54, 1.807) is 4.52 Å². The molecule has 5 nitrogen and oxygen atoms in total. The average molecular weight is 341 g/mol. The number of pyridine rings is 2. The molecule has 0 saturated carbocycles. The predicted octanol–water partition coefficient (Wildman–Crippen LogP) is -1.21. The maximum absolute atomic E-state index is 6.03. The number of aromatic nitrogens is 3. The van der Waals surface area contributed by atoms with Crippen LogP contribution in [-0.4, -0.2) is 16.2 Å². The van der Waals surface area contributed by atoms with Crippen LogP contribution in [0.15, 0.2) is 48.9 Å². The van der Waals surface area contributed by atoms with Crippen LogP contribution in [0.5, 0.6) is 5.88 Å². The summed E-state index contributed by atoms with van der Waals surface area (Å²) in [6.45, 7) is 0.554. The summed E-state index contributed by atoms with van der Waals surface area (Å²) in [7, 11) is 2.00. The number of ether oxygens (including phenoxy) is 1. The summed E-state index contributed by atoms with van der Waals surface area (Å²) < 4.78 is 9.45. The van der Waals surface area contributed by atoms with Crippen molar-refractivity contribution >= 4 is 23.6 Å². The molecule has 0 aliphatic rings. The Morgan fingerprint density at radius 2 is 2.09 bits per heavy atom. The lowest BCUT2D eigenvalue weighted by Gasteiger charge is -2.02. The Morgan fingerprint density at radius 1 is 1.27 bits per heavy atom. The van der Waals surface area contributed by atoms with Crippen molar-refractivity contribution in [3.8, 4) is 5.88 Å². The molecule has 0 spiro atoms. The SMILES string of the molecule is C[n+]1cccc(CCOc2nn3ccccc3c2N)c1.Cl.[Cl-]. The van der Waals surface area contributed by atoms with Crippen LogP contribution >= 0.6 is 12.4 Å². The quantitative estimate of drug-likeness (QED) is 0.606. The van der Waals surface area contributed by atoms with E-state index in [9.17, 15) is 0 Å². The fraction of sp³-hybridized carbons (Fsp3) is 0.200. The van der Waals surface area contributed by atoms with E-state index in [4.69, 9.17) is 10.5 Å². The van der Waals surface area contributed by atoms with Gasteiger partial charge in [0, 0.05) is 24.2 Å². The molecule has 0 aromatic carbocycles. The van der Waals surface area contributed by atoms with E-state index in [-0.39, 0.29) is 24.8 Å². The van der Waals surface area contributed by atoms with Crippen LogP contribution in [0, 0.1) is 0 Å². The number of nitrogens with zero attached hydrogens (tertiary/aromatic N) is 3. The highest BCUT2D eigenvalue weighted by atomic mass is 35.5. The minimum atomic E-state index is 0. The molecule has 0 atom stereocenters. The number of rotatable bonds is 4. The summed E-state index contributed by atoms with van der Waals surface area (Å²) in [5, 5.41) is 4.33. The molecule has 3 aromatic heterocycles. The van der Waals surface area contributed by atoms with Gasteiger partial charge in [0.2, 0.25) is 0 Å². The molecule has 118 valence electrons. The largest absolute Gasteiger partial charge is 1.00 e. The second-order valence-electron chi connectivity index (χ2n) is 4.73. The Hall–Kier alpha value is -1.98. The zero-order valence-corrected chi connectivity index (χ0v) is 13.7. The molecule has 3 rings (SSSR count). The third-order valence-electron chi connectivity index (χ3n) is 3.17. The zero-order valence-electron chi connectivity index (χ0n) is 12.1. The summed E-state index contributed by atoms with van der Waals surface area (Å²) in [5.74, 6) is 0.497. The van der Waals surface area contributed by atoms with E-state index in [2.05, 4.69) is 17.4 Å². The highest BCUT2D eigenvalue weighted by molar-refractivity contribution is 5.85. The number of hydrogen-bond donors (Lipinski definition) is 1. The van der Waals surface area contributed by atoms with Crippen LogP contribution in [0.25, 0.3) is 5.52 Å². The molecule has 0 saturated heterocycles. The van der Waals surface area contributed by atoms with Gasteiger partial charge in [0.25, 0.3) is 5.88 Å². The van der Waals surface area contributed by atoms with Crippen molar-refractivity contribution in [2.75, 3.05) is 12.3 Å². The molecular formula is C15H18Cl2N4O. The summed E-state index contributed by atoms with van der Waals surface area (Å²) in [4.78, 5) is 0. The molecule has 0 bridgehead atoms. The van der Waals surface area contributed by atoms with Crippen molar-refractivity contribution in [2.45, 2.75) is 6.42 Å². The van der Waals surface area contributed by atoms with Crippen molar-refractivity contribution < 1.29 is 21.7 Å². The molecule has 2 N–H and O–H groups in total. The first-order valence-corrected chi connectivity index (χ1v) is 6.54. The summed E-state index contributed by atoms with van der Waals surface area (Å²) in [6.07, 6.45) is 6.76. The average Bonchev–Trinajstić information content (AvgIpc) is 2.76. The molecule has 3 heterocycles. The first-order chi connectivity index (χ1) is 9.74. The first kappa shape index (κ1) is 18.1. The lowest BCUT2D eigenvalue weighted by molar-refractivity contribution is -0.671. The van der Waals surface area contributed by atoms with E-state index in [1.165, 1.54) is 5.56 Å². The Labute approximate surface area is 141 Å². The zero-order chi connectivity index (χ0) is 13.9. The van der Waals surface area contributed by atoms with Crippen molar-refractivity contribution in [1.29, 1.82) is 0 Å². The van der Waals surface area contributed by atoms with Gasteiger partial charge >= 0.3 is 0 Å². The Bertz CT molecular complexity index is 745. The van der Waals surface area contributed by atoms with Crippen molar-refractivity contribution in [2.24, 2.45) is 7.05 Å². The van der Waals surface area contributed by atoms with Gasteiger partial charge in [-0.3, -0.25) is 0 Å². The second kappa shape index (κ2) is 7.87. The standard InChI is InChI=1S/C15H17N4O.2ClH/c1-18-8-4-5-12(11-18)7-10-20-15-14(16)13-6-2-3-9-19(13)17-15;;/h2-6,8-9,11H,7,10,16H2,1H3;2*1H/q+1;;/p-1. The predicted molar refractivity (Wildman–Crippen MR) is 83.7 cm³/mol. The summed E-state index contributed by atoms with van der Waals surface area (Å²) in [6, 6.07) is 9.87. The van der Waals surface area contributed by atoms with Crippen molar-refractivity contribution in [3.05, 3.63) is 54.5 Å². The van der Waals surface area contributed by atoms with Crippen LogP contribution < -0.4 is 27.4 Å². The van der Waals surface area contributed by atoms with Crippen LogP contribution in [0.1, 0.15) is 5.56 Å². The molecule has 0 fully saturated rings. The maximum Gasteiger partial charge on any atom is 0.257 e. The van der Waals surface area contributed by atoms with Gasteiger partial charge in [-0.2, -0.15) is 0 Å². The Kier molecular flexibility index (Phi) is 6.46. The third kappa shape index (κ3) is 3.81. The molecule has 7 heteroatoms. The summed E-state index contributed by atoms with van der Waals surface area (Å²) in [5.41, 5.74) is 8.71. The van der Waals surface area contributed by atoms with E-state index >= 15 is 0 Å². The van der Waals surface area contributed by atoms with Crippen LogP contribution in [0.4, 0.5) is 5.69 Å². The Morgan fingerprint density at radius 3 is 2.82 bits per heavy atom. The van der Waals surface area contributed by atoms with Crippen molar-refractivity contribution in [1.82, 2.24) is 9.61 Å². The number of halogens is 2. The summed E-state index contributed by atoms with van der Waals surface area (Å²) >= 11 is 0. The fourth-order valence-corrected chi connectivity index (χ4v) is 2.17. The minimum absolute atomic E-state index is 0. The lowest BCUT2D eigenvalue weighted by Crippen LogP contribution is -3.00. The van der Waals surface area contributed by atoms with Gasteiger partial charge in [-0.25, -0.2) is 9.08 Å². The molecular weight excluding hydrogens is 323 g/mol. The smallest absolute Gasteiger partial charge is 0.257 e. The number of aryl methyl sites for hydroxylation is 1. The molecule has 0 aliphatic carbocycles. The highest BCUT2D eigenvalue weighted by Gasteiger charge is 2.10. The monoisotopic (exact) mass is 340 g/mol. The molecule has 0 aliphatic heterocycles. The van der Waals surface area contributed by atoms with Crippen molar-refractivity contribution in [3.63, 3.8) is 0 Å². The van der Waals surface area contributed by atoms with Gasteiger partial charge in [0.1, 0.15) is 12.7 Å². The number of hydrogen-bond acceptors (Lipinski definition) is 3. The number of nitrogens with two attached hydrogens (primary N) is 1. The molecule has 3 aromatic rings. The molecule has 22 heavy (non-hydrogen) atoms. The van der Waals surface area contributed by atoms with Gasteiger partial charge in [-0.05, 0) is 18.2 Å². The number of fused-ring (bicyclic) bond motifs is 1. The van der Waals surface area contributed by atoms with E-state index in [0.717, 1.165) is 11.9 Å². The van der Waals surface area contributed by atoms with Crippen LogP contribution in [-0.2, 0) is 13.5 Å². The van der Waals surface area contributed by atoms with Gasteiger partial charge in [0.15, 0.2) is 12.4 Å². The lowest BCUT2D eigenvalue weighted by atomic mass is 10.2. The maximum atomic E-state index is 6.03. The molecule has 0 unspecified atom stereocenters. The van der Waals surface area contributed by atoms with Gasteiger partial charge in [0.05, 0.1) is 12.1 Å². The number of nitrogen functional groups attached to an aromatic ring is 1. The van der Waals surface area contributed by atoms with E-state index < -0.39 is 0 Å². The normalized spacial score (nSPS) is 9.86. The highest BCUT2D eigenvalue weighted by Crippen LogP contribution is 2.24. The van der Waals surface area contributed by atoms with Gasteiger partial charge < -0.3 is 22.9 Å².